The maximum atomic E-state index is 11.8. The van der Waals surface area contributed by atoms with Gasteiger partial charge in [0, 0.05) is 19.5 Å². The van der Waals surface area contributed by atoms with Crippen molar-refractivity contribution in [3.05, 3.63) is 35.9 Å². The number of carbonyl (C=O) groups excluding carboxylic acids is 2. The van der Waals surface area contributed by atoms with Gasteiger partial charge in [-0.1, -0.05) is 30.3 Å². The Labute approximate surface area is 149 Å². The molecule has 0 amide bonds. The van der Waals surface area contributed by atoms with Crippen molar-refractivity contribution in [3.63, 3.8) is 0 Å². The monoisotopic (exact) mass is 349 g/mol. The van der Waals surface area contributed by atoms with E-state index in [9.17, 15) is 9.59 Å². The molecule has 0 aliphatic carbocycles. The van der Waals surface area contributed by atoms with E-state index in [1.807, 2.05) is 37.3 Å². The highest BCUT2D eigenvalue weighted by molar-refractivity contribution is 5.69. The van der Waals surface area contributed by atoms with E-state index in [2.05, 4.69) is 4.90 Å². The Hall–Kier alpha value is -2.08. The normalized spacial score (nSPS) is 15.6. The van der Waals surface area contributed by atoms with Crippen molar-refractivity contribution in [1.29, 1.82) is 0 Å². The lowest BCUT2D eigenvalue weighted by Gasteiger charge is -2.31. The van der Waals surface area contributed by atoms with Crippen molar-refractivity contribution >= 4 is 12.1 Å². The topological polar surface area (TPSA) is 65.1 Å². The summed E-state index contributed by atoms with van der Waals surface area (Å²) in [4.78, 5) is 25.4. The molecule has 2 rings (SSSR count). The van der Waals surface area contributed by atoms with Crippen molar-refractivity contribution in [3.8, 4) is 0 Å². The number of esters is 1. The fraction of sp³-hybridized carbons (Fsp3) is 0.579. The number of benzene rings is 1. The third-order valence-electron chi connectivity index (χ3n) is 4.16. The van der Waals surface area contributed by atoms with Gasteiger partial charge in [-0.05, 0) is 38.3 Å². The SMILES string of the molecule is CCOC(=O)CCCN1CCC(OC(=O)OCc2ccccc2)CC1. The van der Waals surface area contributed by atoms with Gasteiger partial charge in [-0.2, -0.15) is 0 Å². The first-order valence-electron chi connectivity index (χ1n) is 8.92. The predicted octanol–water partition coefficient (Wildman–Crippen LogP) is 3.15. The first kappa shape index (κ1) is 19.2. The van der Waals surface area contributed by atoms with Crippen LogP contribution < -0.4 is 0 Å². The Morgan fingerprint density at radius 1 is 1.12 bits per heavy atom. The lowest BCUT2D eigenvalue weighted by molar-refractivity contribution is -0.143. The second kappa shape index (κ2) is 10.7. The summed E-state index contributed by atoms with van der Waals surface area (Å²) in [5, 5.41) is 0. The highest BCUT2D eigenvalue weighted by Crippen LogP contribution is 2.15. The van der Waals surface area contributed by atoms with Crippen LogP contribution in [-0.4, -0.2) is 49.4 Å². The van der Waals surface area contributed by atoms with Gasteiger partial charge in [0.25, 0.3) is 0 Å². The molecule has 0 atom stereocenters. The fourth-order valence-electron chi connectivity index (χ4n) is 2.82. The van der Waals surface area contributed by atoms with Crippen LogP contribution in [0.2, 0.25) is 0 Å². The van der Waals surface area contributed by atoms with Gasteiger partial charge in [-0.15, -0.1) is 0 Å². The van der Waals surface area contributed by atoms with Crippen molar-refractivity contribution in [2.75, 3.05) is 26.2 Å². The summed E-state index contributed by atoms with van der Waals surface area (Å²) >= 11 is 0. The molecule has 6 nitrogen and oxygen atoms in total. The average Bonchev–Trinajstić information content (AvgIpc) is 2.63. The van der Waals surface area contributed by atoms with Gasteiger partial charge < -0.3 is 19.1 Å². The minimum atomic E-state index is -0.607. The predicted molar refractivity (Wildman–Crippen MR) is 93.0 cm³/mol. The van der Waals surface area contributed by atoms with Crippen LogP contribution in [0.4, 0.5) is 4.79 Å². The van der Waals surface area contributed by atoms with Crippen LogP contribution in [0.15, 0.2) is 30.3 Å². The van der Waals surface area contributed by atoms with E-state index in [1.165, 1.54) is 0 Å². The van der Waals surface area contributed by atoms with Crippen LogP contribution in [0.25, 0.3) is 0 Å². The summed E-state index contributed by atoms with van der Waals surface area (Å²) in [6.07, 6.45) is 2.13. The summed E-state index contributed by atoms with van der Waals surface area (Å²) in [6.45, 7) is 5.06. The number of rotatable bonds is 8. The van der Waals surface area contributed by atoms with Crippen LogP contribution in [0, 0.1) is 0 Å². The van der Waals surface area contributed by atoms with E-state index in [0.717, 1.165) is 44.5 Å². The molecular weight excluding hydrogens is 322 g/mol. The van der Waals surface area contributed by atoms with Gasteiger partial charge in [0.05, 0.1) is 6.61 Å². The van der Waals surface area contributed by atoms with Crippen LogP contribution in [0.3, 0.4) is 0 Å². The van der Waals surface area contributed by atoms with Crippen molar-refractivity contribution < 1.29 is 23.8 Å². The third-order valence-corrected chi connectivity index (χ3v) is 4.16. The Bertz CT molecular complexity index is 526. The minimum absolute atomic E-state index is 0.0930. The molecule has 25 heavy (non-hydrogen) atoms. The number of hydrogen-bond acceptors (Lipinski definition) is 6. The molecule has 1 saturated heterocycles. The molecule has 0 aromatic heterocycles. The average molecular weight is 349 g/mol. The maximum absolute atomic E-state index is 11.8. The number of carbonyl (C=O) groups is 2. The molecule has 0 bridgehead atoms. The zero-order valence-electron chi connectivity index (χ0n) is 14.8. The van der Waals surface area contributed by atoms with E-state index in [1.54, 1.807) is 0 Å². The Kier molecular flexibility index (Phi) is 8.25. The smallest absolute Gasteiger partial charge is 0.466 e. The first-order valence-corrected chi connectivity index (χ1v) is 8.92. The van der Waals surface area contributed by atoms with Gasteiger partial charge in [-0.3, -0.25) is 4.79 Å². The maximum Gasteiger partial charge on any atom is 0.508 e. The third kappa shape index (κ3) is 7.56. The molecule has 1 fully saturated rings. The number of likely N-dealkylation sites (tertiary alicyclic amines) is 1. The van der Waals surface area contributed by atoms with Crippen molar-refractivity contribution in [1.82, 2.24) is 4.90 Å². The Morgan fingerprint density at radius 3 is 2.52 bits per heavy atom. The lowest BCUT2D eigenvalue weighted by atomic mass is 10.1. The lowest BCUT2D eigenvalue weighted by Crippen LogP contribution is -2.38. The summed E-state index contributed by atoms with van der Waals surface area (Å²) in [5.74, 6) is -0.137. The minimum Gasteiger partial charge on any atom is -0.466 e. The van der Waals surface area contributed by atoms with E-state index >= 15 is 0 Å². The molecule has 1 aromatic rings. The number of ether oxygens (including phenoxy) is 3. The fourth-order valence-corrected chi connectivity index (χ4v) is 2.82. The largest absolute Gasteiger partial charge is 0.508 e. The van der Waals surface area contributed by atoms with Gasteiger partial charge in [0.1, 0.15) is 12.7 Å². The summed E-state index contributed by atoms with van der Waals surface area (Å²) in [6, 6.07) is 9.54. The molecule has 0 saturated carbocycles. The van der Waals surface area contributed by atoms with E-state index in [0.29, 0.717) is 13.0 Å². The zero-order valence-corrected chi connectivity index (χ0v) is 14.8. The summed E-state index contributed by atoms with van der Waals surface area (Å²) < 4.78 is 15.4. The highest BCUT2D eigenvalue weighted by atomic mass is 16.7. The molecule has 0 unspecified atom stereocenters. The molecule has 138 valence electrons. The molecule has 1 aromatic carbocycles. The standard InChI is InChI=1S/C19H27NO5/c1-2-23-18(21)9-6-12-20-13-10-17(11-14-20)25-19(22)24-15-16-7-4-3-5-8-16/h3-5,7-8,17H,2,6,9-15H2,1H3. The van der Waals surface area contributed by atoms with Gasteiger partial charge >= 0.3 is 12.1 Å². The van der Waals surface area contributed by atoms with Crippen LogP contribution in [-0.2, 0) is 25.6 Å². The summed E-state index contributed by atoms with van der Waals surface area (Å²) in [5.41, 5.74) is 0.941. The van der Waals surface area contributed by atoms with Crippen LogP contribution in [0.1, 0.15) is 38.2 Å². The second-order valence-electron chi connectivity index (χ2n) is 6.09. The Balaban J connectivity index is 1.57. The molecule has 1 aliphatic rings. The highest BCUT2D eigenvalue weighted by Gasteiger charge is 2.22. The van der Waals surface area contributed by atoms with Crippen molar-refractivity contribution in [2.24, 2.45) is 0 Å². The van der Waals surface area contributed by atoms with E-state index in [-0.39, 0.29) is 18.7 Å². The molecular formula is C19H27NO5. The Morgan fingerprint density at radius 2 is 1.84 bits per heavy atom. The molecule has 0 radical (unpaired) electrons. The van der Waals surface area contributed by atoms with Crippen LogP contribution in [0.5, 0.6) is 0 Å². The number of nitrogens with zero attached hydrogens (tertiary/aromatic N) is 1. The zero-order chi connectivity index (χ0) is 17.9. The van der Waals surface area contributed by atoms with E-state index < -0.39 is 6.16 Å². The number of piperidine rings is 1. The molecule has 6 heteroatoms. The number of hydrogen-bond donors (Lipinski definition) is 0. The quantitative estimate of drug-likeness (QED) is 0.672. The second-order valence-corrected chi connectivity index (χ2v) is 6.09. The van der Waals surface area contributed by atoms with Gasteiger partial charge in [-0.25, -0.2) is 4.79 Å². The summed E-state index contributed by atoms with van der Waals surface area (Å²) in [7, 11) is 0. The molecule has 0 N–H and O–H groups in total. The first-order chi connectivity index (χ1) is 12.2. The van der Waals surface area contributed by atoms with Crippen LogP contribution >= 0.6 is 0 Å². The molecule has 1 heterocycles. The van der Waals surface area contributed by atoms with Gasteiger partial charge in [0.2, 0.25) is 0 Å². The van der Waals surface area contributed by atoms with Crippen molar-refractivity contribution in [2.45, 2.75) is 45.3 Å². The van der Waals surface area contributed by atoms with E-state index in [4.69, 9.17) is 14.2 Å². The molecule has 0 spiro atoms. The van der Waals surface area contributed by atoms with Gasteiger partial charge in [0.15, 0.2) is 0 Å². The molecule has 1 aliphatic heterocycles.